The van der Waals surface area contributed by atoms with Gasteiger partial charge in [-0.3, -0.25) is 9.59 Å². The summed E-state index contributed by atoms with van der Waals surface area (Å²) in [5.41, 5.74) is 2.28. The molecule has 4 rings (SSSR count). The van der Waals surface area contributed by atoms with E-state index in [1.807, 2.05) is 6.07 Å². The summed E-state index contributed by atoms with van der Waals surface area (Å²) in [6, 6.07) is 12.2. The topological polar surface area (TPSA) is 102 Å². The number of carbonyl (C=O) groups is 1. The second kappa shape index (κ2) is 8.52. The molecule has 1 aromatic carbocycles. The van der Waals surface area contributed by atoms with Gasteiger partial charge in [0.05, 0.1) is 40.3 Å². The van der Waals surface area contributed by atoms with Crippen LogP contribution in [0.15, 0.2) is 59.7 Å². The van der Waals surface area contributed by atoms with Crippen LogP contribution in [0, 0.1) is 0 Å². The quantitative estimate of drug-likeness (QED) is 0.478. The molecule has 3 aromatic heterocycles. The number of aromatic amines is 1. The number of hydrogen-bond donors (Lipinski definition) is 2. The largest absolute Gasteiger partial charge is 0.496 e. The molecular weight excluding hydrogens is 426 g/mol. The lowest BCUT2D eigenvalue weighted by molar-refractivity contribution is 0.0954. The van der Waals surface area contributed by atoms with E-state index in [9.17, 15) is 9.59 Å². The van der Waals surface area contributed by atoms with E-state index in [0.29, 0.717) is 37.5 Å². The number of nitrogens with zero attached hydrogens (tertiary/aromatic N) is 3. The van der Waals surface area contributed by atoms with Crippen LogP contribution in [-0.2, 0) is 6.54 Å². The zero-order valence-corrected chi connectivity index (χ0v) is 17.3. The van der Waals surface area contributed by atoms with Crippen molar-refractivity contribution in [1.29, 1.82) is 0 Å². The molecule has 0 fully saturated rings. The first-order valence-electron chi connectivity index (χ1n) is 8.86. The summed E-state index contributed by atoms with van der Waals surface area (Å²) in [7, 11) is 1.54. The number of nitrogens with one attached hydrogen (secondary N) is 2. The fourth-order valence-electron chi connectivity index (χ4n) is 2.88. The Kier molecular flexibility index (Phi) is 5.64. The molecule has 0 bridgehead atoms. The zero-order chi connectivity index (χ0) is 21.1. The van der Waals surface area contributed by atoms with Crippen molar-refractivity contribution in [3.63, 3.8) is 0 Å². The first kappa shape index (κ1) is 19.9. The van der Waals surface area contributed by atoms with E-state index in [2.05, 4.69) is 20.6 Å². The lowest BCUT2D eigenvalue weighted by atomic mass is 10.1. The molecule has 0 unspecified atom stereocenters. The van der Waals surface area contributed by atoms with Crippen LogP contribution in [-0.4, -0.2) is 33.0 Å². The number of amides is 1. The molecule has 1 amide bonds. The number of H-pyrrole nitrogens is 1. The van der Waals surface area contributed by atoms with Crippen molar-refractivity contribution in [2.24, 2.45) is 0 Å². The normalized spacial score (nSPS) is 10.7. The molecule has 0 aliphatic rings. The van der Waals surface area contributed by atoms with E-state index in [1.165, 1.54) is 11.3 Å². The van der Waals surface area contributed by atoms with E-state index < -0.39 is 0 Å². The third kappa shape index (κ3) is 4.12. The van der Waals surface area contributed by atoms with Crippen LogP contribution in [0.5, 0.6) is 5.75 Å². The maximum atomic E-state index is 12.1. The lowest BCUT2D eigenvalue weighted by Gasteiger charge is -2.10. The Labute approximate surface area is 180 Å². The van der Waals surface area contributed by atoms with Crippen LogP contribution in [0.25, 0.3) is 16.8 Å². The predicted octanol–water partition coefficient (Wildman–Crippen LogP) is 3.28. The fraction of sp³-hybridized carbons (Fsp3) is 0.100. The molecular formula is C20H16ClN5O3S. The van der Waals surface area contributed by atoms with Crippen molar-refractivity contribution < 1.29 is 9.53 Å². The van der Waals surface area contributed by atoms with Crippen LogP contribution in [0.3, 0.4) is 0 Å². The maximum Gasteiger partial charge on any atom is 0.261 e. The first-order chi connectivity index (χ1) is 14.5. The minimum atomic E-state index is -0.222. The number of carbonyl (C=O) groups excluding carboxylic acids is 1. The summed E-state index contributed by atoms with van der Waals surface area (Å²) in [5, 5.41) is 11.0. The van der Waals surface area contributed by atoms with E-state index in [-0.39, 0.29) is 18.0 Å². The smallest absolute Gasteiger partial charge is 0.261 e. The number of hydrogen-bond acceptors (Lipinski definition) is 6. The van der Waals surface area contributed by atoms with Crippen molar-refractivity contribution in [3.05, 3.63) is 80.1 Å². The summed E-state index contributed by atoms with van der Waals surface area (Å²) in [6.07, 6.45) is 3.29. The average Bonchev–Trinajstić information content (AvgIpc) is 3.41. The molecule has 0 saturated carbocycles. The highest BCUT2D eigenvalue weighted by Crippen LogP contribution is 2.29. The highest BCUT2D eigenvalue weighted by atomic mass is 35.5. The molecule has 0 aliphatic carbocycles. The number of rotatable bonds is 6. The summed E-state index contributed by atoms with van der Waals surface area (Å²) >= 11 is 7.07. The third-order valence-electron chi connectivity index (χ3n) is 4.33. The van der Waals surface area contributed by atoms with Gasteiger partial charge in [-0.25, -0.2) is 4.68 Å². The second-order valence-electron chi connectivity index (χ2n) is 6.24. The van der Waals surface area contributed by atoms with E-state index in [4.69, 9.17) is 16.3 Å². The number of halogens is 1. The van der Waals surface area contributed by atoms with Crippen molar-refractivity contribution >= 4 is 28.8 Å². The van der Waals surface area contributed by atoms with Crippen molar-refractivity contribution in [2.45, 2.75) is 6.54 Å². The first-order valence-corrected chi connectivity index (χ1v) is 10.1. The Morgan fingerprint density at radius 3 is 2.87 bits per heavy atom. The molecule has 8 nitrogen and oxygen atoms in total. The molecule has 0 aliphatic heterocycles. The fourth-order valence-corrected chi connectivity index (χ4v) is 3.84. The number of ether oxygens (including phenoxy) is 1. The monoisotopic (exact) mass is 441 g/mol. The summed E-state index contributed by atoms with van der Waals surface area (Å²) < 4.78 is 7.60. The van der Waals surface area contributed by atoms with Gasteiger partial charge in [0.25, 0.3) is 11.5 Å². The molecule has 0 radical (unpaired) electrons. The third-order valence-corrected chi connectivity index (χ3v) is 5.56. The minimum Gasteiger partial charge on any atom is -0.496 e. The Bertz CT molecular complexity index is 1260. The van der Waals surface area contributed by atoms with E-state index >= 15 is 0 Å². The second-order valence-corrected chi connectivity index (χ2v) is 7.95. The van der Waals surface area contributed by atoms with E-state index in [0.717, 1.165) is 0 Å². The molecule has 0 atom stereocenters. The Morgan fingerprint density at radius 2 is 2.13 bits per heavy atom. The van der Waals surface area contributed by atoms with Gasteiger partial charge in [-0.05, 0) is 36.4 Å². The van der Waals surface area contributed by atoms with Gasteiger partial charge < -0.3 is 15.0 Å². The lowest BCUT2D eigenvalue weighted by Crippen LogP contribution is -2.21. The minimum absolute atomic E-state index is 0.200. The molecule has 152 valence electrons. The van der Waals surface area contributed by atoms with Crippen LogP contribution in [0.2, 0.25) is 4.34 Å². The van der Waals surface area contributed by atoms with Crippen molar-refractivity contribution in [1.82, 2.24) is 25.3 Å². The zero-order valence-electron chi connectivity index (χ0n) is 15.8. The molecule has 30 heavy (non-hydrogen) atoms. The summed E-state index contributed by atoms with van der Waals surface area (Å²) in [4.78, 5) is 27.4. The van der Waals surface area contributed by atoms with Gasteiger partial charge in [0, 0.05) is 17.8 Å². The molecule has 3 heterocycles. The summed E-state index contributed by atoms with van der Waals surface area (Å²) in [6.45, 7) is 0.225. The standard InChI is InChI=1S/C20H16ClN5O3S/c1-29-16-9-13(4-5-14(16)15-3-2-8-22-19(15)27)26-11-12(24-25-26)10-23-20(28)17-6-7-18(21)30-17/h2-9,11H,10H2,1H3,(H,22,27)(H,23,28). The molecule has 10 heteroatoms. The van der Waals surface area contributed by atoms with E-state index in [1.54, 1.807) is 60.6 Å². The highest BCUT2D eigenvalue weighted by Gasteiger charge is 2.13. The van der Waals surface area contributed by atoms with Gasteiger partial charge in [0.2, 0.25) is 0 Å². The Hall–Kier alpha value is -3.43. The number of aromatic nitrogens is 4. The summed E-state index contributed by atoms with van der Waals surface area (Å²) in [5.74, 6) is 0.310. The van der Waals surface area contributed by atoms with Crippen LogP contribution in [0.4, 0.5) is 0 Å². The van der Waals surface area contributed by atoms with Crippen molar-refractivity contribution in [2.75, 3.05) is 7.11 Å². The molecule has 0 spiro atoms. The van der Waals surface area contributed by atoms with Gasteiger partial charge in [0.15, 0.2) is 0 Å². The van der Waals surface area contributed by atoms with Gasteiger partial charge in [-0.1, -0.05) is 16.8 Å². The molecule has 0 saturated heterocycles. The van der Waals surface area contributed by atoms with Gasteiger partial charge in [-0.15, -0.1) is 16.4 Å². The number of benzene rings is 1. The molecule has 4 aromatic rings. The van der Waals surface area contributed by atoms with Gasteiger partial charge >= 0.3 is 0 Å². The van der Waals surface area contributed by atoms with Gasteiger partial charge in [-0.2, -0.15) is 0 Å². The highest BCUT2D eigenvalue weighted by molar-refractivity contribution is 7.17. The van der Waals surface area contributed by atoms with Crippen LogP contribution >= 0.6 is 22.9 Å². The number of pyridine rings is 1. The average molecular weight is 442 g/mol. The SMILES string of the molecule is COc1cc(-n2cc(CNC(=O)c3ccc(Cl)s3)nn2)ccc1-c1ccc[nH]c1=O. The van der Waals surface area contributed by atoms with Gasteiger partial charge in [0.1, 0.15) is 11.4 Å². The number of methoxy groups -OCH3 is 1. The predicted molar refractivity (Wildman–Crippen MR) is 114 cm³/mol. The Morgan fingerprint density at radius 1 is 1.27 bits per heavy atom. The van der Waals surface area contributed by atoms with Crippen LogP contribution < -0.4 is 15.6 Å². The molecule has 2 N–H and O–H groups in total. The Balaban J connectivity index is 1.52. The number of thiophene rings is 1. The maximum absolute atomic E-state index is 12.1. The van der Waals surface area contributed by atoms with Crippen molar-refractivity contribution in [3.8, 4) is 22.6 Å². The van der Waals surface area contributed by atoms with Crippen LogP contribution in [0.1, 0.15) is 15.4 Å².